The highest BCUT2D eigenvalue weighted by Gasteiger charge is 2.17. The van der Waals surface area contributed by atoms with Crippen LogP contribution in [-0.4, -0.2) is 29.5 Å². The highest BCUT2D eigenvalue weighted by atomic mass is 32.1. The molecule has 0 saturated heterocycles. The van der Waals surface area contributed by atoms with Crippen molar-refractivity contribution in [2.75, 3.05) is 18.6 Å². The first-order valence-electron chi connectivity index (χ1n) is 9.71. The molecule has 0 bridgehead atoms. The number of pyridine rings is 1. The van der Waals surface area contributed by atoms with Crippen molar-refractivity contribution in [1.29, 1.82) is 0 Å². The summed E-state index contributed by atoms with van der Waals surface area (Å²) in [4.78, 5) is 23.3. The molecule has 31 heavy (non-hydrogen) atoms. The summed E-state index contributed by atoms with van der Waals surface area (Å²) in [6, 6.07) is 19.4. The van der Waals surface area contributed by atoms with Crippen molar-refractivity contribution in [3.63, 3.8) is 0 Å². The number of benzene rings is 2. The van der Waals surface area contributed by atoms with Gasteiger partial charge in [-0.1, -0.05) is 47.7 Å². The van der Waals surface area contributed by atoms with E-state index in [2.05, 4.69) is 9.97 Å². The van der Waals surface area contributed by atoms with Gasteiger partial charge in [0, 0.05) is 12.7 Å². The highest BCUT2D eigenvalue weighted by molar-refractivity contribution is 7.21. The fraction of sp³-hybridized carbons (Fsp3) is 0.174. The van der Waals surface area contributed by atoms with E-state index < -0.39 is 5.91 Å². The van der Waals surface area contributed by atoms with Crippen LogP contribution in [0.1, 0.15) is 11.1 Å². The Morgan fingerprint density at radius 2 is 1.90 bits per heavy atom. The predicted molar refractivity (Wildman–Crippen MR) is 121 cm³/mol. The maximum atomic E-state index is 11.7. The third-order valence-corrected chi connectivity index (χ3v) is 5.65. The van der Waals surface area contributed by atoms with Crippen LogP contribution in [0.15, 0.2) is 66.9 Å². The molecular weight excluding hydrogens is 412 g/mol. The summed E-state index contributed by atoms with van der Waals surface area (Å²) >= 11 is 1.43. The third-order valence-electron chi connectivity index (χ3n) is 4.61. The quantitative estimate of drug-likeness (QED) is 0.431. The number of thiazole rings is 1. The van der Waals surface area contributed by atoms with Gasteiger partial charge < -0.3 is 20.1 Å². The van der Waals surface area contributed by atoms with Crippen LogP contribution in [0.25, 0.3) is 10.3 Å². The molecule has 2 aromatic carbocycles. The zero-order valence-electron chi connectivity index (χ0n) is 17.0. The second-order valence-electron chi connectivity index (χ2n) is 6.91. The van der Waals surface area contributed by atoms with Gasteiger partial charge in [-0.2, -0.15) is 0 Å². The number of amides is 1. The lowest BCUT2D eigenvalue weighted by molar-refractivity contribution is -0.116. The maximum absolute atomic E-state index is 11.7. The molecule has 0 fully saturated rings. The van der Waals surface area contributed by atoms with Gasteiger partial charge in [-0.25, -0.2) is 9.97 Å². The van der Waals surface area contributed by atoms with Gasteiger partial charge >= 0.3 is 0 Å². The molecule has 2 N–H and O–H groups in total. The molecule has 4 aromatic rings. The Balaban J connectivity index is 1.54. The first kappa shape index (κ1) is 20.6. The van der Waals surface area contributed by atoms with Gasteiger partial charge in [0.25, 0.3) is 0 Å². The summed E-state index contributed by atoms with van der Waals surface area (Å²) < 4.78 is 11.5. The van der Waals surface area contributed by atoms with Crippen LogP contribution < -0.4 is 20.1 Å². The SMILES string of the molecule is COc1cc(CN(CC(N)=O)c2nc3cccnc3s2)ccc1OCc1ccccc1. The lowest BCUT2D eigenvalue weighted by Gasteiger charge is -2.21. The molecule has 0 unspecified atom stereocenters. The molecular formula is C23H22N4O3S. The topological polar surface area (TPSA) is 90.6 Å². The molecule has 0 spiro atoms. The number of anilines is 1. The van der Waals surface area contributed by atoms with Crippen LogP contribution in [-0.2, 0) is 17.9 Å². The van der Waals surface area contributed by atoms with Crippen LogP contribution >= 0.6 is 11.3 Å². The number of hydrogen-bond donors (Lipinski definition) is 1. The number of primary amides is 1. The minimum Gasteiger partial charge on any atom is -0.493 e. The molecule has 7 nitrogen and oxygen atoms in total. The van der Waals surface area contributed by atoms with E-state index in [1.165, 1.54) is 11.3 Å². The summed E-state index contributed by atoms with van der Waals surface area (Å²) in [6.45, 7) is 0.940. The number of nitrogens with two attached hydrogens (primary N) is 1. The average Bonchev–Trinajstić information content (AvgIpc) is 3.22. The number of rotatable bonds is 9. The lowest BCUT2D eigenvalue weighted by atomic mass is 10.2. The zero-order chi connectivity index (χ0) is 21.6. The molecule has 0 radical (unpaired) electrons. The predicted octanol–water partition coefficient (Wildman–Crippen LogP) is 3.77. The Morgan fingerprint density at radius 3 is 2.65 bits per heavy atom. The van der Waals surface area contributed by atoms with Crippen molar-refractivity contribution in [1.82, 2.24) is 9.97 Å². The fourth-order valence-electron chi connectivity index (χ4n) is 3.16. The van der Waals surface area contributed by atoms with Crippen molar-refractivity contribution in [2.45, 2.75) is 13.2 Å². The van der Waals surface area contributed by atoms with E-state index >= 15 is 0 Å². The van der Waals surface area contributed by atoms with E-state index in [1.807, 2.05) is 65.6 Å². The van der Waals surface area contributed by atoms with Crippen molar-refractivity contribution in [2.24, 2.45) is 5.73 Å². The molecule has 158 valence electrons. The van der Waals surface area contributed by atoms with Gasteiger partial charge in [0.15, 0.2) is 16.6 Å². The number of carbonyl (C=O) groups is 1. The molecule has 2 heterocycles. The van der Waals surface area contributed by atoms with E-state index in [0.29, 0.717) is 29.8 Å². The van der Waals surface area contributed by atoms with Crippen LogP contribution in [0.2, 0.25) is 0 Å². The van der Waals surface area contributed by atoms with Gasteiger partial charge in [0.2, 0.25) is 5.91 Å². The molecule has 0 saturated carbocycles. The standard InChI is InChI=1S/C23H22N4O3S/c1-29-20-12-17(9-10-19(20)30-15-16-6-3-2-4-7-16)13-27(14-21(24)28)23-26-18-8-5-11-25-22(18)31-23/h2-12H,13-15H2,1H3,(H2,24,28). The van der Waals surface area contributed by atoms with E-state index in [0.717, 1.165) is 21.5 Å². The summed E-state index contributed by atoms with van der Waals surface area (Å²) in [5.41, 5.74) is 8.30. The second-order valence-corrected chi connectivity index (χ2v) is 7.86. The largest absolute Gasteiger partial charge is 0.493 e. The van der Waals surface area contributed by atoms with Gasteiger partial charge in [-0.05, 0) is 35.4 Å². The van der Waals surface area contributed by atoms with Crippen molar-refractivity contribution < 1.29 is 14.3 Å². The van der Waals surface area contributed by atoms with Crippen molar-refractivity contribution in [3.05, 3.63) is 78.0 Å². The first-order valence-corrected chi connectivity index (χ1v) is 10.5. The molecule has 0 aliphatic carbocycles. The number of fused-ring (bicyclic) bond motifs is 1. The molecule has 4 rings (SSSR count). The summed E-state index contributed by atoms with van der Waals surface area (Å²) in [5, 5.41) is 0.691. The minimum absolute atomic E-state index is 0.0500. The smallest absolute Gasteiger partial charge is 0.237 e. The summed E-state index contributed by atoms with van der Waals surface area (Å²) in [6.07, 6.45) is 1.72. The Hall–Kier alpha value is -3.65. The van der Waals surface area contributed by atoms with Crippen LogP contribution in [0.5, 0.6) is 11.5 Å². The van der Waals surface area contributed by atoms with E-state index in [4.69, 9.17) is 15.2 Å². The summed E-state index contributed by atoms with van der Waals surface area (Å²) in [7, 11) is 1.61. The lowest BCUT2D eigenvalue weighted by Crippen LogP contribution is -2.33. The number of methoxy groups -OCH3 is 1. The Bertz CT molecular complexity index is 1150. The van der Waals surface area contributed by atoms with Gasteiger partial charge in [0.1, 0.15) is 17.0 Å². The molecule has 1 amide bonds. The number of carbonyl (C=O) groups excluding carboxylic acids is 1. The fourth-order valence-corrected chi connectivity index (χ4v) is 4.07. The Labute approximate surface area is 184 Å². The maximum Gasteiger partial charge on any atom is 0.237 e. The Morgan fingerprint density at radius 1 is 1.06 bits per heavy atom. The second kappa shape index (κ2) is 9.44. The molecule has 0 aliphatic rings. The minimum atomic E-state index is -0.429. The normalized spacial score (nSPS) is 10.7. The van der Waals surface area contributed by atoms with Gasteiger partial charge in [-0.3, -0.25) is 4.79 Å². The van der Waals surface area contributed by atoms with E-state index in [9.17, 15) is 4.79 Å². The van der Waals surface area contributed by atoms with Crippen molar-refractivity contribution in [3.8, 4) is 11.5 Å². The molecule has 0 atom stereocenters. The van der Waals surface area contributed by atoms with Gasteiger partial charge in [-0.15, -0.1) is 0 Å². The van der Waals surface area contributed by atoms with Gasteiger partial charge in [0.05, 0.1) is 13.7 Å². The monoisotopic (exact) mass is 434 g/mol. The average molecular weight is 435 g/mol. The zero-order valence-corrected chi connectivity index (χ0v) is 17.8. The molecule has 0 aliphatic heterocycles. The number of hydrogen-bond acceptors (Lipinski definition) is 7. The highest BCUT2D eigenvalue weighted by Crippen LogP contribution is 2.32. The number of ether oxygens (including phenoxy) is 2. The van der Waals surface area contributed by atoms with E-state index in [-0.39, 0.29) is 6.54 Å². The van der Waals surface area contributed by atoms with E-state index in [1.54, 1.807) is 13.3 Å². The van der Waals surface area contributed by atoms with Crippen molar-refractivity contribution >= 4 is 32.7 Å². The molecule has 8 heteroatoms. The van der Waals surface area contributed by atoms with Crippen LogP contribution in [0, 0.1) is 0 Å². The Kier molecular flexibility index (Phi) is 6.28. The third kappa shape index (κ3) is 5.10. The van der Waals surface area contributed by atoms with Crippen LogP contribution in [0.4, 0.5) is 5.13 Å². The molecule has 2 aromatic heterocycles. The van der Waals surface area contributed by atoms with Crippen LogP contribution in [0.3, 0.4) is 0 Å². The summed E-state index contributed by atoms with van der Waals surface area (Å²) in [5.74, 6) is 0.848. The number of nitrogens with zero attached hydrogens (tertiary/aromatic N) is 3. The number of aromatic nitrogens is 2. The first-order chi connectivity index (χ1) is 15.1.